The number of hydrogen-bond donors (Lipinski definition) is 1. The number of carbonyl (C=O) groups excluding carboxylic acids is 1. The molecular formula is C15H12O4S. The van der Waals surface area contributed by atoms with Crippen LogP contribution in [0.2, 0.25) is 0 Å². The van der Waals surface area contributed by atoms with E-state index >= 15 is 0 Å². The normalized spacial score (nSPS) is 10.1. The van der Waals surface area contributed by atoms with Crippen LogP contribution in [0.25, 0.3) is 0 Å². The molecule has 0 heterocycles. The van der Waals surface area contributed by atoms with Crippen LogP contribution < -0.4 is 4.18 Å². The van der Waals surface area contributed by atoms with Crippen molar-refractivity contribution in [1.82, 2.24) is 0 Å². The zero-order valence-corrected chi connectivity index (χ0v) is 11.5. The van der Waals surface area contributed by atoms with Crippen molar-refractivity contribution < 1.29 is 18.9 Å². The van der Waals surface area contributed by atoms with Gasteiger partial charge in [-0.3, -0.25) is 4.79 Å². The molecule has 20 heavy (non-hydrogen) atoms. The number of rotatable bonds is 5. The van der Waals surface area contributed by atoms with Gasteiger partial charge in [0.15, 0.2) is 5.78 Å². The lowest BCUT2D eigenvalue weighted by Gasteiger charge is -2.06. The molecule has 4 nitrogen and oxygen atoms in total. The third-order valence-corrected chi connectivity index (χ3v) is 3.06. The second kappa shape index (κ2) is 6.25. The second-order valence-electron chi connectivity index (χ2n) is 3.95. The van der Waals surface area contributed by atoms with E-state index in [0.717, 1.165) is 0 Å². The van der Waals surface area contributed by atoms with E-state index in [-0.39, 0.29) is 16.9 Å². The lowest BCUT2D eigenvalue weighted by molar-refractivity contribution is 0.0693. The Morgan fingerprint density at radius 2 is 1.60 bits per heavy atom. The molecule has 2 rings (SSSR count). The van der Waals surface area contributed by atoms with Crippen LogP contribution in [-0.2, 0) is 0 Å². The summed E-state index contributed by atoms with van der Waals surface area (Å²) in [6.45, 7) is 0. The van der Waals surface area contributed by atoms with Crippen molar-refractivity contribution >= 4 is 23.8 Å². The topological polar surface area (TPSA) is 63.6 Å². The van der Waals surface area contributed by atoms with Gasteiger partial charge >= 0.3 is 5.97 Å². The molecule has 102 valence electrons. The summed E-state index contributed by atoms with van der Waals surface area (Å²) < 4.78 is 5.22. The van der Waals surface area contributed by atoms with Crippen LogP contribution >= 0.6 is 12.0 Å². The Morgan fingerprint density at radius 1 is 1.00 bits per heavy atom. The molecule has 0 fully saturated rings. The Hall–Kier alpha value is -2.27. The number of ketones is 1. The number of aromatic carboxylic acids is 1. The van der Waals surface area contributed by atoms with Crippen molar-refractivity contribution in [1.29, 1.82) is 0 Å². The number of benzene rings is 2. The molecular weight excluding hydrogens is 276 g/mol. The Bertz CT molecular complexity index is 635. The van der Waals surface area contributed by atoms with Crippen LogP contribution in [0, 0.1) is 0 Å². The van der Waals surface area contributed by atoms with Gasteiger partial charge in [0.25, 0.3) is 0 Å². The predicted octanol–water partition coefficient (Wildman–Crippen LogP) is 3.27. The Kier molecular flexibility index (Phi) is 4.42. The van der Waals surface area contributed by atoms with Gasteiger partial charge in [-0.05, 0) is 30.3 Å². The molecule has 5 heteroatoms. The lowest BCUT2D eigenvalue weighted by atomic mass is 9.98. The molecule has 0 saturated carbocycles. The maximum Gasteiger partial charge on any atom is 0.336 e. The fourth-order valence-electron chi connectivity index (χ4n) is 1.78. The first-order valence-corrected chi connectivity index (χ1v) is 6.96. The van der Waals surface area contributed by atoms with Gasteiger partial charge in [0, 0.05) is 17.4 Å². The van der Waals surface area contributed by atoms with Gasteiger partial charge in [0.05, 0.1) is 17.6 Å². The Balaban J connectivity index is 2.34. The molecule has 0 atom stereocenters. The van der Waals surface area contributed by atoms with E-state index in [1.807, 2.05) is 0 Å². The first-order valence-electron chi connectivity index (χ1n) is 5.81. The van der Waals surface area contributed by atoms with Crippen LogP contribution in [0.15, 0.2) is 48.5 Å². The van der Waals surface area contributed by atoms with Gasteiger partial charge in [-0.2, -0.15) is 0 Å². The van der Waals surface area contributed by atoms with Gasteiger partial charge < -0.3 is 9.29 Å². The highest BCUT2D eigenvalue weighted by atomic mass is 32.2. The van der Waals surface area contributed by atoms with E-state index in [4.69, 9.17) is 9.29 Å². The molecule has 0 unspecified atom stereocenters. The average molecular weight is 288 g/mol. The molecule has 0 spiro atoms. The lowest BCUT2D eigenvalue weighted by Crippen LogP contribution is -2.09. The van der Waals surface area contributed by atoms with Gasteiger partial charge in [0.1, 0.15) is 5.75 Å². The molecule has 2 aromatic rings. The van der Waals surface area contributed by atoms with Crippen LogP contribution in [0.3, 0.4) is 0 Å². The summed E-state index contributed by atoms with van der Waals surface area (Å²) >= 11 is 1.21. The largest absolute Gasteiger partial charge is 0.478 e. The standard InChI is InChI=1S/C15H12O4S/c1-20-19-11-8-6-10(7-9-11)14(16)12-4-2-3-5-13(12)15(17)18/h2-9H,1H3,(H,17,18). The van der Waals surface area contributed by atoms with Crippen LogP contribution in [0.5, 0.6) is 5.75 Å². The summed E-state index contributed by atoms with van der Waals surface area (Å²) in [6, 6.07) is 12.7. The van der Waals surface area contributed by atoms with Gasteiger partial charge in [-0.15, -0.1) is 0 Å². The first kappa shape index (κ1) is 14.1. The number of hydrogen-bond acceptors (Lipinski definition) is 4. The summed E-state index contributed by atoms with van der Waals surface area (Å²) in [6.07, 6.45) is 1.79. The highest BCUT2D eigenvalue weighted by molar-refractivity contribution is 7.94. The smallest absolute Gasteiger partial charge is 0.336 e. The van der Waals surface area contributed by atoms with E-state index in [1.165, 1.54) is 24.2 Å². The summed E-state index contributed by atoms with van der Waals surface area (Å²) in [5.41, 5.74) is 0.604. The minimum absolute atomic E-state index is 0.00180. The van der Waals surface area contributed by atoms with E-state index in [1.54, 1.807) is 42.7 Å². The predicted molar refractivity (Wildman–Crippen MR) is 77.4 cm³/mol. The maximum absolute atomic E-state index is 12.3. The molecule has 0 aliphatic carbocycles. The van der Waals surface area contributed by atoms with Gasteiger partial charge in [-0.1, -0.05) is 18.2 Å². The summed E-state index contributed by atoms with van der Waals surface area (Å²) in [4.78, 5) is 23.5. The number of carboxylic acid groups (broad SMARTS) is 1. The van der Waals surface area contributed by atoms with Crippen molar-refractivity contribution in [2.75, 3.05) is 6.26 Å². The van der Waals surface area contributed by atoms with E-state index in [0.29, 0.717) is 11.3 Å². The molecule has 0 aliphatic rings. The van der Waals surface area contributed by atoms with Gasteiger partial charge in [-0.25, -0.2) is 4.79 Å². The summed E-state index contributed by atoms with van der Waals surface area (Å²) in [7, 11) is 0. The second-order valence-corrected chi connectivity index (χ2v) is 4.45. The third kappa shape index (κ3) is 3.00. The Morgan fingerprint density at radius 3 is 2.15 bits per heavy atom. The SMILES string of the molecule is CSOc1ccc(C(=O)c2ccccc2C(=O)O)cc1. The highest BCUT2D eigenvalue weighted by Crippen LogP contribution is 2.19. The molecule has 0 amide bonds. The Labute approximate surface area is 120 Å². The van der Waals surface area contributed by atoms with Crippen LogP contribution in [0.1, 0.15) is 26.3 Å². The van der Waals surface area contributed by atoms with E-state index < -0.39 is 5.97 Å². The van der Waals surface area contributed by atoms with Crippen LogP contribution in [-0.4, -0.2) is 23.1 Å². The molecule has 1 N–H and O–H groups in total. The summed E-state index contributed by atoms with van der Waals surface area (Å²) in [5, 5.41) is 9.10. The van der Waals surface area contributed by atoms with Crippen molar-refractivity contribution in [3.8, 4) is 5.75 Å². The minimum Gasteiger partial charge on any atom is -0.478 e. The zero-order chi connectivity index (χ0) is 14.5. The fourth-order valence-corrected chi connectivity index (χ4v) is 2.08. The molecule has 0 bridgehead atoms. The first-order chi connectivity index (χ1) is 9.63. The molecule has 2 aromatic carbocycles. The van der Waals surface area contributed by atoms with Crippen molar-refractivity contribution in [3.63, 3.8) is 0 Å². The van der Waals surface area contributed by atoms with E-state index in [9.17, 15) is 9.59 Å². The third-order valence-electron chi connectivity index (χ3n) is 2.70. The molecule has 0 aromatic heterocycles. The molecule has 0 saturated heterocycles. The van der Waals surface area contributed by atoms with Crippen molar-refractivity contribution in [3.05, 3.63) is 65.2 Å². The van der Waals surface area contributed by atoms with E-state index in [2.05, 4.69) is 0 Å². The average Bonchev–Trinajstić information content (AvgIpc) is 2.47. The number of carboxylic acids is 1. The highest BCUT2D eigenvalue weighted by Gasteiger charge is 2.17. The van der Waals surface area contributed by atoms with Crippen molar-refractivity contribution in [2.45, 2.75) is 0 Å². The maximum atomic E-state index is 12.3. The number of carbonyl (C=O) groups is 2. The summed E-state index contributed by atoms with van der Waals surface area (Å²) in [5.74, 6) is -0.796. The molecule has 0 radical (unpaired) electrons. The zero-order valence-electron chi connectivity index (χ0n) is 10.7. The monoisotopic (exact) mass is 288 g/mol. The van der Waals surface area contributed by atoms with Crippen LogP contribution in [0.4, 0.5) is 0 Å². The quantitative estimate of drug-likeness (QED) is 0.675. The van der Waals surface area contributed by atoms with Gasteiger partial charge in [0.2, 0.25) is 0 Å². The molecule has 0 aliphatic heterocycles. The fraction of sp³-hybridized carbons (Fsp3) is 0.0667. The van der Waals surface area contributed by atoms with Crippen molar-refractivity contribution in [2.24, 2.45) is 0 Å². The minimum atomic E-state index is -1.11.